The second-order valence-electron chi connectivity index (χ2n) is 4.92. The predicted octanol–water partition coefficient (Wildman–Crippen LogP) is 3.54. The number of carbonyl (C=O) groups is 1. The summed E-state index contributed by atoms with van der Waals surface area (Å²) in [5.41, 5.74) is 1.45. The molecular weight excluding hydrogens is 316 g/mol. The summed E-state index contributed by atoms with van der Waals surface area (Å²) < 4.78 is 5.65. The average molecular weight is 331 g/mol. The van der Waals surface area contributed by atoms with Crippen LogP contribution in [-0.4, -0.2) is 27.4 Å². The summed E-state index contributed by atoms with van der Waals surface area (Å²) in [6.45, 7) is 2.60. The fourth-order valence-corrected chi connectivity index (χ4v) is 2.26. The van der Waals surface area contributed by atoms with Crippen molar-refractivity contribution in [2.45, 2.75) is 13.3 Å². The van der Waals surface area contributed by atoms with Crippen LogP contribution >= 0.6 is 11.6 Å². The molecule has 0 aliphatic carbocycles. The third-order valence-corrected chi connectivity index (χ3v) is 3.39. The van der Waals surface area contributed by atoms with Crippen LogP contribution in [-0.2, 0) is 0 Å². The molecule has 0 unspecified atom stereocenters. The quantitative estimate of drug-likeness (QED) is 0.749. The predicted molar refractivity (Wildman–Crippen MR) is 88.0 cm³/mol. The number of nitrogens with zero attached hydrogens (tertiary/aromatic N) is 2. The Morgan fingerprint density at radius 3 is 3.09 bits per heavy atom. The number of H-pyrrole nitrogens is 1. The highest BCUT2D eigenvalue weighted by Crippen LogP contribution is 2.24. The van der Waals surface area contributed by atoms with Gasteiger partial charge < -0.3 is 15.0 Å². The maximum atomic E-state index is 12.1. The van der Waals surface area contributed by atoms with Crippen molar-refractivity contribution in [3.63, 3.8) is 0 Å². The molecule has 1 amide bonds. The Hall–Kier alpha value is -2.60. The van der Waals surface area contributed by atoms with Gasteiger partial charge in [-0.3, -0.25) is 4.79 Å². The van der Waals surface area contributed by atoms with Gasteiger partial charge in [0.2, 0.25) is 5.88 Å². The second-order valence-corrected chi connectivity index (χ2v) is 5.36. The van der Waals surface area contributed by atoms with E-state index in [0.717, 1.165) is 6.42 Å². The highest BCUT2D eigenvalue weighted by molar-refractivity contribution is 6.30. The lowest BCUT2D eigenvalue weighted by atomic mass is 10.3. The monoisotopic (exact) mass is 330 g/mol. The lowest BCUT2D eigenvalue weighted by molar-refractivity contribution is 0.0955. The third kappa shape index (κ3) is 3.43. The first-order chi connectivity index (χ1) is 11.2. The maximum absolute atomic E-state index is 12.1. The van der Waals surface area contributed by atoms with Crippen LogP contribution in [0.4, 0.5) is 0 Å². The molecule has 7 heteroatoms. The minimum Gasteiger partial charge on any atom is -0.437 e. The number of nitrogens with one attached hydrogen (secondary N) is 2. The van der Waals surface area contributed by atoms with E-state index in [0.29, 0.717) is 39.9 Å². The minimum absolute atomic E-state index is 0.188. The van der Waals surface area contributed by atoms with E-state index in [4.69, 9.17) is 16.3 Å². The molecule has 2 aromatic heterocycles. The van der Waals surface area contributed by atoms with Gasteiger partial charge in [0.15, 0.2) is 5.65 Å². The third-order valence-electron chi connectivity index (χ3n) is 3.16. The molecule has 2 heterocycles. The van der Waals surface area contributed by atoms with Crippen LogP contribution in [0.15, 0.2) is 36.7 Å². The summed E-state index contributed by atoms with van der Waals surface area (Å²) >= 11 is 5.93. The Labute approximate surface area is 137 Å². The SMILES string of the molecule is CCCNC(=O)c1c[nH]c2ncc(Oc3cccc(Cl)c3)nc12. The lowest BCUT2D eigenvalue weighted by Gasteiger charge is -2.05. The molecule has 3 aromatic rings. The minimum atomic E-state index is -0.188. The number of benzene rings is 1. The summed E-state index contributed by atoms with van der Waals surface area (Å²) in [6, 6.07) is 6.98. The smallest absolute Gasteiger partial charge is 0.255 e. The van der Waals surface area contributed by atoms with E-state index in [1.807, 2.05) is 6.92 Å². The number of hydrogen-bond donors (Lipinski definition) is 2. The fourth-order valence-electron chi connectivity index (χ4n) is 2.08. The molecule has 0 radical (unpaired) electrons. The topological polar surface area (TPSA) is 79.9 Å². The van der Waals surface area contributed by atoms with Crippen LogP contribution in [0.3, 0.4) is 0 Å². The molecule has 0 atom stereocenters. The zero-order valence-electron chi connectivity index (χ0n) is 12.5. The van der Waals surface area contributed by atoms with Gasteiger partial charge in [-0.1, -0.05) is 24.6 Å². The summed E-state index contributed by atoms with van der Waals surface area (Å²) in [6.07, 6.45) is 3.95. The average Bonchev–Trinajstić information content (AvgIpc) is 2.96. The molecule has 0 saturated carbocycles. The van der Waals surface area contributed by atoms with Crippen LogP contribution in [0.2, 0.25) is 5.02 Å². The largest absolute Gasteiger partial charge is 0.437 e. The molecule has 3 rings (SSSR count). The van der Waals surface area contributed by atoms with Gasteiger partial charge in [0, 0.05) is 17.8 Å². The van der Waals surface area contributed by atoms with E-state index >= 15 is 0 Å². The number of fused-ring (bicyclic) bond motifs is 1. The van der Waals surface area contributed by atoms with E-state index in [-0.39, 0.29) is 5.91 Å². The van der Waals surface area contributed by atoms with Gasteiger partial charge in [-0.05, 0) is 24.6 Å². The molecule has 118 valence electrons. The summed E-state index contributed by atoms with van der Waals surface area (Å²) in [5, 5.41) is 3.39. The number of halogens is 1. The standard InChI is InChI=1S/C16H15ClN4O2/c1-2-6-18-16(22)12-8-19-15-14(12)21-13(9-20-15)23-11-5-3-4-10(17)7-11/h3-5,7-9H,2,6H2,1H3,(H,18,22)(H,19,20). The number of aromatic amines is 1. The van der Waals surface area contributed by atoms with Gasteiger partial charge >= 0.3 is 0 Å². The number of aromatic nitrogens is 3. The Morgan fingerprint density at radius 1 is 1.43 bits per heavy atom. The first-order valence-electron chi connectivity index (χ1n) is 7.23. The lowest BCUT2D eigenvalue weighted by Crippen LogP contribution is -2.23. The zero-order valence-corrected chi connectivity index (χ0v) is 13.2. The van der Waals surface area contributed by atoms with Crippen LogP contribution in [0.5, 0.6) is 11.6 Å². The van der Waals surface area contributed by atoms with E-state index in [1.54, 1.807) is 30.5 Å². The summed E-state index contributed by atoms with van der Waals surface area (Å²) in [7, 11) is 0. The first kappa shape index (κ1) is 15.3. The van der Waals surface area contributed by atoms with Crippen molar-refractivity contribution in [3.05, 3.63) is 47.2 Å². The number of ether oxygens (including phenoxy) is 1. The highest BCUT2D eigenvalue weighted by atomic mass is 35.5. The van der Waals surface area contributed by atoms with E-state index in [1.165, 1.54) is 6.20 Å². The molecule has 0 aliphatic rings. The van der Waals surface area contributed by atoms with Gasteiger partial charge in [-0.15, -0.1) is 0 Å². The van der Waals surface area contributed by atoms with E-state index < -0.39 is 0 Å². The number of amides is 1. The summed E-state index contributed by atoms with van der Waals surface area (Å²) in [4.78, 5) is 23.7. The van der Waals surface area contributed by atoms with E-state index in [9.17, 15) is 4.79 Å². The zero-order chi connectivity index (χ0) is 16.2. The molecule has 0 bridgehead atoms. The number of hydrogen-bond acceptors (Lipinski definition) is 4. The Morgan fingerprint density at radius 2 is 2.30 bits per heavy atom. The van der Waals surface area contributed by atoms with Gasteiger partial charge in [-0.2, -0.15) is 0 Å². The van der Waals surface area contributed by atoms with E-state index in [2.05, 4.69) is 20.3 Å². The maximum Gasteiger partial charge on any atom is 0.255 e. The van der Waals surface area contributed by atoms with Crippen molar-refractivity contribution < 1.29 is 9.53 Å². The van der Waals surface area contributed by atoms with Gasteiger partial charge in [0.25, 0.3) is 5.91 Å². The normalized spacial score (nSPS) is 10.7. The van der Waals surface area contributed by atoms with Crippen molar-refractivity contribution in [1.29, 1.82) is 0 Å². The van der Waals surface area contributed by atoms with Crippen molar-refractivity contribution in [3.8, 4) is 11.6 Å². The van der Waals surface area contributed by atoms with Crippen molar-refractivity contribution in [2.24, 2.45) is 0 Å². The molecule has 0 fully saturated rings. The number of rotatable bonds is 5. The second kappa shape index (κ2) is 6.66. The van der Waals surface area contributed by atoms with Crippen LogP contribution < -0.4 is 10.1 Å². The van der Waals surface area contributed by atoms with Crippen LogP contribution in [0.1, 0.15) is 23.7 Å². The van der Waals surface area contributed by atoms with Gasteiger partial charge in [-0.25, -0.2) is 9.97 Å². The Bertz CT molecular complexity index is 847. The van der Waals surface area contributed by atoms with Crippen LogP contribution in [0.25, 0.3) is 11.2 Å². The molecular formula is C16H15ClN4O2. The summed E-state index contributed by atoms with van der Waals surface area (Å²) in [5.74, 6) is 0.662. The van der Waals surface area contributed by atoms with Gasteiger partial charge in [0.1, 0.15) is 11.3 Å². The molecule has 2 N–H and O–H groups in total. The molecule has 1 aromatic carbocycles. The first-order valence-corrected chi connectivity index (χ1v) is 7.61. The molecule has 6 nitrogen and oxygen atoms in total. The van der Waals surface area contributed by atoms with Crippen molar-refractivity contribution in [1.82, 2.24) is 20.3 Å². The van der Waals surface area contributed by atoms with Crippen molar-refractivity contribution in [2.75, 3.05) is 6.54 Å². The molecule has 0 saturated heterocycles. The molecule has 23 heavy (non-hydrogen) atoms. The van der Waals surface area contributed by atoms with Gasteiger partial charge in [0.05, 0.1) is 11.8 Å². The van der Waals surface area contributed by atoms with Crippen molar-refractivity contribution >= 4 is 28.7 Å². The Balaban J connectivity index is 1.89. The highest BCUT2D eigenvalue weighted by Gasteiger charge is 2.15. The Kier molecular flexibility index (Phi) is 4.43. The number of carbonyl (C=O) groups excluding carboxylic acids is 1. The molecule has 0 aliphatic heterocycles. The molecule has 0 spiro atoms. The van der Waals surface area contributed by atoms with Crippen LogP contribution in [0, 0.1) is 0 Å². The fraction of sp³-hybridized carbons (Fsp3) is 0.188.